The van der Waals surface area contributed by atoms with E-state index < -0.39 is 0 Å². The highest BCUT2D eigenvalue weighted by molar-refractivity contribution is 5.18. The van der Waals surface area contributed by atoms with E-state index in [4.69, 9.17) is 0 Å². The van der Waals surface area contributed by atoms with Crippen LogP contribution in [0.4, 0.5) is 8.78 Å². The first-order valence-corrected chi connectivity index (χ1v) is 6.81. The number of halogens is 2. The second kappa shape index (κ2) is 6.28. The molecule has 1 fully saturated rings. The maximum atomic E-state index is 13.4. The summed E-state index contributed by atoms with van der Waals surface area (Å²) >= 11 is 0. The van der Waals surface area contributed by atoms with Crippen molar-refractivity contribution < 1.29 is 8.78 Å². The van der Waals surface area contributed by atoms with Gasteiger partial charge in [0.25, 0.3) is 0 Å². The lowest BCUT2D eigenvalue weighted by Crippen LogP contribution is -2.29. The van der Waals surface area contributed by atoms with E-state index in [1.54, 1.807) is 0 Å². The lowest BCUT2D eigenvalue weighted by molar-refractivity contribution is 0.247. The fourth-order valence-corrected chi connectivity index (χ4v) is 2.77. The number of hydrogen-bond acceptors (Lipinski definition) is 1. The van der Waals surface area contributed by atoms with Gasteiger partial charge in [0.1, 0.15) is 11.6 Å². The third-order valence-electron chi connectivity index (χ3n) is 4.02. The van der Waals surface area contributed by atoms with Gasteiger partial charge in [-0.05, 0) is 43.0 Å². The van der Waals surface area contributed by atoms with Crippen LogP contribution in [0.15, 0.2) is 18.2 Å². The molecule has 1 N–H and O–H groups in total. The Hall–Kier alpha value is -0.960. The summed E-state index contributed by atoms with van der Waals surface area (Å²) in [6.07, 6.45) is 5.17. The van der Waals surface area contributed by atoms with Gasteiger partial charge in [0.2, 0.25) is 0 Å². The van der Waals surface area contributed by atoms with Crippen LogP contribution in [0.3, 0.4) is 0 Å². The molecule has 0 radical (unpaired) electrons. The Bertz CT molecular complexity index is 392. The monoisotopic (exact) mass is 253 g/mol. The largest absolute Gasteiger partial charge is 0.312 e. The second-order valence-electron chi connectivity index (χ2n) is 5.39. The molecule has 1 aromatic carbocycles. The van der Waals surface area contributed by atoms with Gasteiger partial charge in [-0.15, -0.1) is 0 Å². The third-order valence-corrected chi connectivity index (χ3v) is 4.02. The van der Waals surface area contributed by atoms with Crippen LogP contribution in [0.1, 0.15) is 38.2 Å². The molecule has 0 spiro atoms. The molecule has 18 heavy (non-hydrogen) atoms. The van der Waals surface area contributed by atoms with E-state index in [-0.39, 0.29) is 11.6 Å². The molecule has 1 saturated carbocycles. The van der Waals surface area contributed by atoms with Crippen LogP contribution in [0.5, 0.6) is 0 Å². The van der Waals surface area contributed by atoms with Crippen LogP contribution in [-0.2, 0) is 6.54 Å². The van der Waals surface area contributed by atoms with Crippen LogP contribution in [-0.4, -0.2) is 6.54 Å². The van der Waals surface area contributed by atoms with Gasteiger partial charge in [-0.1, -0.05) is 26.2 Å². The first-order chi connectivity index (χ1) is 8.66. The van der Waals surface area contributed by atoms with E-state index in [1.807, 2.05) is 0 Å². The molecular weight excluding hydrogens is 232 g/mol. The molecule has 0 amide bonds. The average Bonchev–Trinajstić information content (AvgIpc) is 2.36. The highest BCUT2D eigenvalue weighted by Crippen LogP contribution is 2.28. The van der Waals surface area contributed by atoms with Crippen molar-refractivity contribution in [3.63, 3.8) is 0 Å². The van der Waals surface area contributed by atoms with Crippen LogP contribution >= 0.6 is 0 Å². The highest BCUT2D eigenvalue weighted by Gasteiger charge is 2.20. The van der Waals surface area contributed by atoms with Crippen molar-refractivity contribution in [1.82, 2.24) is 5.32 Å². The first-order valence-electron chi connectivity index (χ1n) is 6.81. The zero-order chi connectivity index (χ0) is 13.0. The SMILES string of the molecule is CC1CCCCC1CNCc1cc(F)ccc1F. The summed E-state index contributed by atoms with van der Waals surface area (Å²) in [7, 11) is 0. The van der Waals surface area contributed by atoms with Crippen molar-refractivity contribution in [2.45, 2.75) is 39.2 Å². The zero-order valence-corrected chi connectivity index (χ0v) is 10.9. The maximum absolute atomic E-state index is 13.4. The van der Waals surface area contributed by atoms with Crippen molar-refractivity contribution in [3.8, 4) is 0 Å². The Kier molecular flexibility index (Phi) is 4.70. The van der Waals surface area contributed by atoms with Crippen LogP contribution < -0.4 is 5.32 Å². The van der Waals surface area contributed by atoms with Gasteiger partial charge >= 0.3 is 0 Å². The molecule has 0 aromatic heterocycles. The summed E-state index contributed by atoms with van der Waals surface area (Å²) < 4.78 is 26.4. The van der Waals surface area contributed by atoms with Gasteiger partial charge in [0, 0.05) is 12.1 Å². The van der Waals surface area contributed by atoms with Crippen LogP contribution in [0.2, 0.25) is 0 Å². The van der Waals surface area contributed by atoms with E-state index in [1.165, 1.54) is 37.8 Å². The summed E-state index contributed by atoms with van der Waals surface area (Å²) in [6, 6.07) is 3.62. The lowest BCUT2D eigenvalue weighted by atomic mass is 9.80. The van der Waals surface area contributed by atoms with Gasteiger partial charge in [-0.2, -0.15) is 0 Å². The van der Waals surface area contributed by atoms with Gasteiger partial charge in [0.05, 0.1) is 0 Å². The van der Waals surface area contributed by atoms with Crippen molar-refractivity contribution in [2.75, 3.05) is 6.54 Å². The summed E-state index contributed by atoms with van der Waals surface area (Å²) in [4.78, 5) is 0. The Morgan fingerprint density at radius 3 is 2.78 bits per heavy atom. The normalized spacial score (nSPS) is 24.2. The Labute approximate surface area is 108 Å². The van der Waals surface area contributed by atoms with E-state index in [2.05, 4.69) is 12.2 Å². The Morgan fingerprint density at radius 2 is 2.00 bits per heavy atom. The zero-order valence-electron chi connectivity index (χ0n) is 10.9. The van der Waals surface area contributed by atoms with Crippen LogP contribution in [0.25, 0.3) is 0 Å². The molecular formula is C15H21F2N. The molecule has 0 aliphatic heterocycles. The van der Waals surface area contributed by atoms with E-state index in [0.29, 0.717) is 18.0 Å². The van der Waals surface area contributed by atoms with Gasteiger partial charge in [-0.3, -0.25) is 0 Å². The molecule has 1 nitrogen and oxygen atoms in total. The molecule has 100 valence electrons. The van der Waals surface area contributed by atoms with Crippen molar-refractivity contribution >= 4 is 0 Å². The topological polar surface area (TPSA) is 12.0 Å². The fourth-order valence-electron chi connectivity index (χ4n) is 2.77. The minimum atomic E-state index is -0.376. The second-order valence-corrected chi connectivity index (χ2v) is 5.39. The minimum absolute atomic E-state index is 0.333. The molecule has 2 rings (SSSR count). The van der Waals surface area contributed by atoms with Gasteiger partial charge in [-0.25, -0.2) is 8.78 Å². The van der Waals surface area contributed by atoms with Crippen LogP contribution in [0, 0.1) is 23.5 Å². The molecule has 2 atom stereocenters. The molecule has 2 unspecified atom stereocenters. The van der Waals surface area contributed by atoms with Crippen molar-refractivity contribution in [2.24, 2.45) is 11.8 Å². The molecule has 1 aliphatic carbocycles. The van der Waals surface area contributed by atoms with E-state index >= 15 is 0 Å². The predicted molar refractivity (Wildman–Crippen MR) is 69.2 cm³/mol. The molecule has 0 heterocycles. The number of nitrogens with one attached hydrogen (secondary N) is 1. The number of rotatable bonds is 4. The predicted octanol–water partition coefficient (Wildman–Crippen LogP) is 3.88. The van der Waals surface area contributed by atoms with Gasteiger partial charge in [0.15, 0.2) is 0 Å². The number of hydrogen-bond donors (Lipinski definition) is 1. The smallest absolute Gasteiger partial charge is 0.127 e. The quantitative estimate of drug-likeness (QED) is 0.858. The molecule has 1 aliphatic rings. The lowest BCUT2D eigenvalue weighted by Gasteiger charge is -2.28. The van der Waals surface area contributed by atoms with Gasteiger partial charge < -0.3 is 5.32 Å². The average molecular weight is 253 g/mol. The molecule has 3 heteroatoms. The third kappa shape index (κ3) is 3.52. The molecule has 1 aromatic rings. The summed E-state index contributed by atoms with van der Waals surface area (Å²) in [6.45, 7) is 3.60. The summed E-state index contributed by atoms with van der Waals surface area (Å²) in [5.41, 5.74) is 0.415. The molecule has 0 bridgehead atoms. The maximum Gasteiger partial charge on any atom is 0.127 e. The fraction of sp³-hybridized carbons (Fsp3) is 0.600. The van der Waals surface area contributed by atoms with E-state index in [0.717, 1.165) is 18.5 Å². The summed E-state index contributed by atoms with van der Waals surface area (Å²) in [5.74, 6) is 0.707. The summed E-state index contributed by atoms with van der Waals surface area (Å²) in [5, 5.41) is 3.26. The Morgan fingerprint density at radius 1 is 1.22 bits per heavy atom. The van der Waals surface area contributed by atoms with Crippen molar-refractivity contribution in [3.05, 3.63) is 35.4 Å². The highest BCUT2D eigenvalue weighted by atomic mass is 19.1. The Balaban J connectivity index is 1.82. The molecule has 0 saturated heterocycles. The first kappa shape index (κ1) is 13.5. The van der Waals surface area contributed by atoms with E-state index in [9.17, 15) is 8.78 Å². The minimum Gasteiger partial charge on any atom is -0.312 e. The van der Waals surface area contributed by atoms with Crippen molar-refractivity contribution in [1.29, 1.82) is 0 Å². The standard InChI is InChI=1S/C15H21F2N/c1-11-4-2-3-5-12(11)9-18-10-13-8-14(16)6-7-15(13)17/h6-8,11-12,18H,2-5,9-10H2,1H3. The number of benzene rings is 1.